The lowest BCUT2D eigenvalue weighted by Crippen LogP contribution is -2.15. The predicted octanol–water partition coefficient (Wildman–Crippen LogP) is 9.64. The van der Waals surface area contributed by atoms with Gasteiger partial charge in [-0.1, -0.05) is 137 Å². The van der Waals surface area contributed by atoms with Crippen LogP contribution in [0.25, 0.3) is 0 Å². The number of aryl methyl sites for hydroxylation is 5. The first-order valence-corrected chi connectivity index (χ1v) is 17.5. The van der Waals surface area contributed by atoms with Gasteiger partial charge in [-0.2, -0.15) is 0 Å². The topological polar surface area (TPSA) is 124 Å². The summed E-state index contributed by atoms with van der Waals surface area (Å²) in [4.78, 5) is 10.5. The molecule has 5 aromatic carbocycles. The molecular weight excluding hydrogens is 647 g/mol. The van der Waals surface area contributed by atoms with E-state index in [1.54, 1.807) is 53.7 Å². The van der Waals surface area contributed by atoms with E-state index in [4.69, 9.17) is 15.9 Å². The van der Waals surface area contributed by atoms with Crippen molar-refractivity contribution in [2.75, 3.05) is 0 Å². The Labute approximate surface area is 312 Å². The number of hydrogen-bond donors (Lipinski definition) is 5. The van der Waals surface area contributed by atoms with Crippen molar-refractivity contribution < 1.29 is 25.2 Å². The summed E-state index contributed by atoms with van der Waals surface area (Å²) in [5.41, 5.74) is 14.0. The van der Waals surface area contributed by atoms with Crippen molar-refractivity contribution in [2.24, 2.45) is 5.73 Å². The highest BCUT2D eigenvalue weighted by atomic mass is 16.3. The molecule has 2 unspecified atom stereocenters. The molecule has 0 saturated heterocycles. The van der Waals surface area contributed by atoms with Crippen LogP contribution in [0.1, 0.15) is 114 Å². The van der Waals surface area contributed by atoms with Crippen LogP contribution in [-0.2, 0) is 11.2 Å². The van der Waals surface area contributed by atoms with E-state index in [0.717, 1.165) is 27.8 Å². The molecule has 0 aliphatic heterocycles. The summed E-state index contributed by atoms with van der Waals surface area (Å²) in [5, 5.41) is 37.5. The van der Waals surface area contributed by atoms with Crippen LogP contribution >= 0.6 is 0 Å². The monoisotopic (exact) mass is 707 g/mol. The molecular formula is C46H61NO5. The maximum absolute atomic E-state index is 10.5. The summed E-state index contributed by atoms with van der Waals surface area (Å²) in [5.74, 6) is -0.375. The normalized spacial score (nSPS) is 11.8. The number of primary amides is 1. The molecule has 0 fully saturated rings. The fraction of sp³-hybridized carbons (Fsp3) is 0.326. The van der Waals surface area contributed by atoms with Gasteiger partial charge in [-0.25, -0.2) is 0 Å². The number of aliphatic hydroxyl groups excluding tert-OH is 2. The van der Waals surface area contributed by atoms with E-state index in [1.165, 1.54) is 22.3 Å². The lowest BCUT2D eigenvalue weighted by molar-refractivity contribution is 0.0780. The van der Waals surface area contributed by atoms with E-state index in [-0.39, 0.29) is 18.1 Å². The lowest BCUT2D eigenvalue weighted by atomic mass is 9.97. The largest absolute Gasteiger partial charge is 0.389 e. The van der Waals surface area contributed by atoms with Gasteiger partial charge in [-0.15, -0.1) is 0 Å². The Hall–Kier alpha value is -4.59. The summed E-state index contributed by atoms with van der Waals surface area (Å²) in [6, 6.07) is 38.8. The van der Waals surface area contributed by atoms with Gasteiger partial charge in [-0.3, -0.25) is 4.79 Å². The maximum Gasteiger partial charge on any atom is 0.248 e. The Morgan fingerprint density at radius 1 is 0.500 bits per heavy atom. The molecule has 6 nitrogen and oxygen atoms in total. The Bertz CT molecular complexity index is 1740. The number of amides is 1. The molecule has 6 heteroatoms. The van der Waals surface area contributed by atoms with Crippen molar-refractivity contribution in [3.05, 3.63) is 177 Å². The minimum atomic E-state index is -0.716. The predicted molar refractivity (Wildman–Crippen MR) is 216 cm³/mol. The first-order valence-electron chi connectivity index (χ1n) is 17.5. The molecule has 0 heterocycles. The average Bonchev–Trinajstić information content (AvgIpc) is 3.06. The zero-order valence-electron chi connectivity index (χ0n) is 33.0. The van der Waals surface area contributed by atoms with E-state index >= 15 is 0 Å². The minimum Gasteiger partial charge on any atom is -0.389 e. The number of rotatable bonds is 5. The fourth-order valence-corrected chi connectivity index (χ4v) is 4.48. The van der Waals surface area contributed by atoms with Crippen LogP contribution in [-0.4, -0.2) is 26.3 Å². The zero-order valence-corrected chi connectivity index (χ0v) is 33.0. The molecule has 0 radical (unpaired) electrons. The highest BCUT2D eigenvalue weighted by molar-refractivity contribution is 5.92. The standard InChI is InChI=1S/2C10H14O.2C9H12O.C8H9NO/c1-8-4-6-9(7-5-8)10(2,3)11;1-8-5-4-6-9(7-8)10(2,3)11;1-7-3-5-9(6-4-7)8(2)10;1-7-4-3-5-9(6-7)8(2)10;1-6-2-4-7(5-3-6)8(9)10/h2*4-7,11H,1-3H3;2*3-6,8,10H,1-2H3;2-5H,1H3,(H2,9,10). The number of benzene rings is 5. The Kier molecular flexibility index (Phi) is 19.0. The average molecular weight is 708 g/mol. The van der Waals surface area contributed by atoms with Crippen molar-refractivity contribution in [3.8, 4) is 0 Å². The third-order valence-electron chi connectivity index (χ3n) is 7.90. The first-order chi connectivity index (χ1) is 24.1. The summed E-state index contributed by atoms with van der Waals surface area (Å²) in [7, 11) is 0. The van der Waals surface area contributed by atoms with Crippen molar-refractivity contribution in [2.45, 2.75) is 99.6 Å². The zero-order chi connectivity index (χ0) is 39.6. The van der Waals surface area contributed by atoms with Gasteiger partial charge in [0.1, 0.15) is 0 Å². The highest BCUT2D eigenvalue weighted by Crippen LogP contribution is 2.20. The molecule has 0 saturated carbocycles. The third kappa shape index (κ3) is 18.6. The van der Waals surface area contributed by atoms with Crippen molar-refractivity contribution in [3.63, 3.8) is 0 Å². The van der Waals surface area contributed by atoms with Crippen molar-refractivity contribution >= 4 is 5.91 Å². The smallest absolute Gasteiger partial charge is 0.248 e. The molecule has 0 spiro atoms. The number of carbonyl (C=O) groups excluding carboxylic acids is 1. The van der Waals surface area contributed by atoms with Gasteiger partial charge < -0.3 is 26.2 Å². The van der Waals surface area contributed by atoms with E-state index in [0.29, 0.717) is 5.56 Å². The lowest BCUT2D eigenvalue weighted by Gasteiger charge is -2.17. The van der Waals surface area contributed by atoms with Crippen LogP contribution < -0.4 is 5.73 Å². The van der Waals surface area contributed by atoms with Crippen LogP contribution in [0, 0.1) is 34.6 Å². The van der Waals surface area contributed by atoms with Crippen LogP contribution in [0.3, 0.4) is 0 Å². The van der Waals surface area contributed by atoms with Gasteiger partial charge in [0.15, 0.2) is 0 Å². The molecule has 1 amide bonds. The Balaban J connectivity index is 0.000000325. The molecule has 280 valence electrons. The number of carbonyl (C=O) groups is 1. The Morgan fingerprint density at radius 3 is 1.21 bits per heavy atom. The summed E-state index contributed by atoms with van der Waals surface area (Å²) >= 11 is 0. The maximum atomic E-state index is 10.5. The van der Waals surface area contributed by atoms with E-state index in [1.807, 2.05) is 144 Å². The molecule has 52 heavy (non-hydrogen) atoms. The number of aliphatic hydroxyl groups is 4. The molecule has 0 aromatic heterocycles. The van der Waals surface area contributed by atoms with Crippen molar-refractivity contribution in [1.29, 1.82) is 0 Å². The third-order valence-corrected chi connectivity index (χ3v) is 7.90. The van der Waals surface area contributed by atoms with Gasteiger partial charge in [0.2, 0.25) is 5.91 Å². The van der Waals surface area contributed by atoms with Gasteiger partial charge in [0.05, 0.1) is 23.4 Å². The van der Waals surface area contributed by atoms with Crippen LogP contribution in [0.5, 0.6) is 0 Å². The Morgan fingerprint density at radius 2 is 0.885 bits per heavy atom. The van der Waals surface area contributed by atoms with E-state index in [2.05, 4.69) is 0 Å². The van der Waals surface area contributed by atoms with Crippen molar-refractivity contribution in [1.82, 2.24) is 0 Å². The van der Waals surface area contributed by atoms with E-state index < -0.39 is 11.2 Å². The van der Waals surface area contributed by atoms with Crippen LogP contribution in [0.2, 0.25) is 0 Å². The number of nitrogens with two attached hydrogens (primary N) is 1. The van der Waals surface area contributed by atoms with Gasteiger partial charge in [-0.05, 0) is 111 Å². The second-order valence-corrected chi connectivity index (χ2v) is 14.3. The molecule has 2 atom stereocenters. The summed E-state index contributed by atoms with van der Waals surface area (Å²) < 4.78 is 0. The van der Waals surface area contributed by atoms with Gasteiger partial charge in [0.25, 0.3) is 0 Å². The molecule has 0 aliphatic rings. The summed E-state index contributed by atoms with van der Waals surface area (Å²) in [6.07, 6.45) is -0.694. The minimum absolute atomic E-state index is 0.347. The molecule has 5 rings (SSSR count). The molecule has 0 aliphatic carbocycles. The van der Waals surface area contributed by atoms with Gasteiger partial charge in [0, 0.05) is 5.56 Å². The molecule has 5 aromatic rings. The van der Waals surface area contributed by atoms with Gasteiger partial charge >= 0.3 is 0 Å². The quantitative estimate of drug-likeness (QED) is 0.124. The SMILES string of the molecule is Cc1ccc(C(C)(C)O)cc1.Cc1ccc(C(C)O)cc1.Cc1ccc(C(N)=O)cc1.Cc1cccc(C(C)(C)O)c1.Cc1cccc(C(C)O)c1. The second kappa shape index (κ2) is 21.7. The van der Waals surface area contributed by atoms with Crippen LogP contribution in [0.4, 0.5) is 0 Å². The fourth-order valence-electron chi connectivity index (χ4n) is 4.48. The molecule has 6 N–H and O–H groups in total. The summed E-state index contributed by atoms with van der Waals surface area (Å²) in [6.45, 7) is 20.8. The first kappa shape index (κ1) is 45.4. The van der Waals surface area contributed by atoms with E-state index in [9.17, 15) is 15.0 Å². The molecule has 0 bridgehead atoms. The van der Waals surface area contributed by atoms with Crippen LogP contribution in [0.15, 0.2) is 121 Å². The highest BCUT2D eigenvalue weighted by Gasteiger charge is 2.15. The number of hydrogen-bond acceptors (Lipinski definition) is 5. The second-order valence-electron chi connectivity index (χ2n) is 14.3.